The molecule has 0 spiro atoms. The summed E-state index contributed by atoms with van der Waals surface area (Å²) in [4.78, 5) is 99.8. The molecule has 6 unspecified atom stereocenters. The second-order valence-corrected chi connectivity index (χ2v) is 18.4. The molecule has 3 aliphatic rings. The number of hydrogen-bond acceptors (Lipinski definition) is 26. The van der Waals surface area contributed by atoms with Crippen LogP contribution in [0.5, 0.6) is 0 Å². The van der Waals surface area contributed by atoms with Gasteiger partial charge in [0.25, 0.3) is 0 Å². The van der Waals surface area contributed by atoms with Crippen LogP contribution in [0.25, 0.3) is 0 Å². The molecular formula is C46H80N4O28. The molecule has 0 bridgehead atoms. The van der Waals surface area contributed by atoms with Crippen LogP contribution in [0.4, 0.5) is 0 Å². The molecule has 0 aromatic carbocycles. The van der Waals surface area contributed by atoms with E-state index >= 15 is 0 Å². The highest BCUT2D eigenvalue weighted by Gasteiger charge is 2.35. The Bertz CT molecular complexity index is 1590. The number of rotatable bonds is 44. The summed E-state index contributed by atoms with van der Waals surface area (Å²) in [7, 11) is 3.58. The van der Waals surface area contributed by atoms with Gasteiger partial charge >= 0.3 is 48.1 Å². The Kier molecular flexibility index (Phi) is 43.0. The Labute approximate surface area is 450 Å². The first-order valence-corrected chi connectivity index (χ1v) is 24.3. The Hall–Kier alpha value is -5.06. The van der Waals surface area contributed by atoms with Gasteiger partial charge in [-0.05, 0) is 26.9 Å². The predicted molar refractivity (Wildman–Crippen MR) is 258 cm³/mol. The molecule has 3 aliphatic heterocycles. The van der Waals surface area contributed by atoms with E-state index in [4.69, 9.17) is 92.4 Å². The zero-order chi connectivity index (χ0) is 59.5. The summed E-state index contributed by atoms with van der Waals surface area (Å²) in [5.74, 6) is -7.13. The van der Waals surface area contributed by atoms with Crippen molar-refractivity contribution in [3.05, 3.63) is 0 Å². The van der Waals surface area contributed by atoms with Gasteiger partial charge in [-0.2, -0.15) is 19.2 Å². The lowest BCUT2D eigenvalue weighted by Crippen LogP contribution is -2.43. The number of carbonyl (C=O) groups is 6. The third kappa shape index (κ3) is 47.0. The molecule has 3 rings (SSSR count). The van der Waals surface area contributed by atoms with Gasteiger partial charge in [-0.25, -0.2) is 0 Å². The van der Waals surface area contributed by atoms with E-state index in [0.29, 0.717) is 70.9 Å². The number of ether oxygens (including phenoxy) is 9. The van der Waals surface area contributed by atoms with Gasteiger partial charge in [-0.15, -0.1) is 0 Å². The molecule has 10 N–H and O–H groups in total. The molecule has 452 valence electrons. The topological polar surface area (TPSA) is 467 Å². The molecule has 3 heterocycles. The second kappa shape index (κ2) is 44.8. The van der Waals surface area contributed by atoms with Crippen LogP contribution in [0.3, 0.4) is 0 Å². The van der Waals surface area contributed by atoms with Gasteiger partial charge in [0, 0.05) is 30.5 Å². The van der Waals surface area contributed by atoms with E-state index in [1.165, 1.54) is 0 Å². The minimum atomic E-state index is -1.25. The number of epoxide rings is 3. The number of aliphatic hydroxyl groups excluding tert-OH is 3. The molecular weight excluding hydrogens is 1060 g/mol. The Balaban J connectivity index is 0. The van der Waals surface area contributed by atoms with Gasteiger partial charge in [0.1, 0.15) is 18.3 Å². The van der Waals surface area contributed by atoms with Gasteiger partial charge in [-0.3, -0.25) is 43.9 Å². The van der Waals surface area contributed by atoms with Gasteiger partial charge in [0.2, 0.25) is 0 Å². The van der Waals surface area contributed by atoms with Crippen molar-refractivity contribution in [2.24, 2.45) is 10.8 Å². The van der Waals surface area contributed by atoms with E-state index in [0.717, 1.165) is 36.0 Å². The SMILES string of the molecule is CCC(COCC(O)CN(C)C)(COCC(O)CN(CC(=O)O)CC(=O)O)COCC(O)CN(CC(=O)O)CC(=O)O.CCC(COCC1CO1)(COCC1CO1)COCC1CO1.O=C(O)CNCC(=O)O.O=C=O.O=C=O. The number of aliphatic carboxylic acids is 6. The molecule has 32 heteroatoms. The van der Waals surface area contributed by atoms with Crippen LogP contribution in [0, 0.1) is 10.8 Å². The number of carboxylic acid groups (broad SMARTS) is 6. The van der Waals surface area contributed by atoms with E-state index in [-0.39, 0.29) is 83.5 Å². The number of carboxylic acids is 6. The van der Waals surface area contributed by atoms with E-state index in [9.17, 15) is 44.1 Å². The summed E-state index contributed by atoms with van der Waals surface area (Å²) in [6.07, 6.45) is -0.434. The van der Waals surface area contributed by atoms with E-state index in [1.54, 1.807) is 19.0 Å². The molecule has 0 saturated carbocycles. The normalized spacial score (nSPS) is 18.4. The number of likely N-dealkylation sites (N-methyl/N-ethyl adjacent to an activating group) is 1. The van der Waals surface area contributed by atoms with Crippen LogP contribution >= 0.6 is 0 Å². The molecule has 0 aliphatic carbocycles. The monoisotopic (exact) mass is 1140 g/mol. The maximum absolute atomic E-state index is 11.0. The predicted octanol–water partition coefficient (Wildman–Crippen LogP) is -4.77. The molecule has 6 atom stereocenters. The largest absolute Gasteiger partial charge is 0.480 e. The fourth-order valence-electron chi connectivity index (χ4n) is 6.40. The second-order valence-electron chi connectivity index (χ2n) is 18.4. The molecule has 0 aromatic rings. The number of nitrogens with zero attached hydrogens (tertiary/aromatic N) is 3. The summed E-state index contributed by atoms with van der Waals surface area (Å²) in [6.45, 7) is 6.70. The van der Waals surface area contributed by atoms with Crippen molar-refractivity contribution in [3.63, 3.8) is 0 Å². The summed E-state index contributed by atoms with van der Waals surface area (Å²) >= 11 is 0. The average molecular weight is 1140 g/mol. The summed E-state index contributed by atoms with van der Waals surface area (Å²) in [5, 5.41) is 84.8. The van der Waals surface area contributed by atoms with E-state index < -0.39 is 85.7 Å². The van der Waals surface area contributed by atoms with E-state index in [2.05, 4.69) is 12.2 Å². The quantitative estimate of drug-likeness (QED) is 0.0256. The van der Waals surface area contributed by atoms with Gasteiger partial charge < -0.3 is 93.5 Å². The smallest absolute Gasteiger partial charge is 0.373 e. The Morgan fingerprint density at radius 1 is 0.487 bits per heavy atom. The lowest BCUT2D eigenvalue weighted by atomic mass is 9.88. The maximum Gasteiger partial charge on any atom is 0.373 e. The number of hydrogen-bond donors (Lipinski definition) is 10. The molecule has 32 nitrogen and oxygen atoms in total. The Morgan fingerprint density at radius 2 is 0.731 bits per heavy atom. The van der Waals surface area contributed by atoms with Crippen LogP contribution in [-0.2, 0) is 90.6 Å². The zero-order valence-corrected chi connectivity index (χ0v) is 44.5. The zero-order valence-electron chi connectivity index (χ0n) is 44.5. The van der Waals surface area contributed by atoms with Crippen LogP contribution in [-0.4, -0.2) is 318 Å². The van der Waals surface area contributed by atoms with Gasteiger partial charge in [0.15, 0.2) is 0 Å². The highest BCUT2D eigenvalue weighted by molar-refractivity contribution is 5.73. The Morgan fingerprint density at radius 3 is 0.936 bits per heavy atom. The van der Waals surface area contributed by atoms with Crippen LogP contribution in [0.15, 0.2) is 0 Å². The first kappa shape index (κ1) is 75.0. The van der Waals surface area contributed by atoms with Crippen molar-refractivity contribution in [1.82, 2.24) is 20.0 Å². The van der Waals surface area contributed by atoms with Crippen molar-refractivity contribution in [1.29, 1.82) is 0 Å². The molecule has 0 amide bonds. The maximum atomic E-state index is 11.0. The lowest BCUT2D eigenvalue weighted by molar-refractivity contribution is -0.193. The van der Waals surface area contributed by atoms with Gasteiger partial charge in [0.05, 0.1) is 157 Å². The van der Waals surface area contributed by atoms with Crippen LogP contribution in [0.2, 0.25) is 0 Å². The summed E-state index contributed by atoms with van der Waals surface area (Å²) in [5.41, 5.74) is -0.931. The van der Waals surface area contributed by atoms with Crippen molar-refractivity contribution < 1.29 is 137 Å². The fourth-order valence-corrected chi connectivity index (χ4v) is 6.40. The number of carbonyl (C=O) groups excluding carboxylic acids is 4. The van der Waals surface area contributed by atoms with Crippen molar-refractivity contribution in [2.75, 3.05) is 172 Å². The summed E-state index contributed by atoms with van der Waals surface area (Å²) < 4.78 is 50.1. The third-order valence-electron chi connectivity index (χ3n) is 10.5. The van der Waals surface area contributed by atoms with Crippen molar-refractivity contribution in [2.45, 2.75) is 63.3 Å². The van der Waals surface area contributed by atoms with Crippen molar-refractivity contribution in [3.8, 4) is 0 Å². The first-order valence-electron chi connectivity index (χ1n) is 24.3. The molecule has 3 saturated heterocycles. The molecule has 3 fully saturated rings. The lowest BCUT2D eigenvalue weighted by Gasteiger charge is -2.33. The average Bonchev–Trinajstić information content (AvgIpc) is 4.17. The minimum Gasteiger partial charge on any atom is -0.480 e. The standard InChI is InChI=1S/C25H47N3O14.C15H26O6.C4H7NO4.2CO2/c1-4-25(15-40-12-18(29)5-26(2)3,16-41-13-19(30)6-27(8-21(32)33)9-22(34)35)17-42-14-20(31)7-28(10-23(36)37)11-24(38)39;1-2-15(9-16-3-12-6-19-12,10-17-4-13-7-20-13)11-18-5-14-8-21-14;6-3(7)1-5-2-4(8)9;2*2-1-3/h18-20,29-31H,4-17H2,1-3H3,(H,32,33)(H,34,35)(H,36,37)(H,38,39);12-14H,2-11H2,1H3;5H,1-2H2,(H,6,7)(H,8,9);;. The molecule has 0 aromatic heterocycles. The highest BCUT2D eigenvalue weighted by atomic mass is 16.6. The minimum absolute atomic E-state index is 0.00382. The first-order chi connectivity index (χ1) is 36.8. The summed E-state index contributed by atoms with van der Waals surface area (Å²) in [6, 6.07) is 0. The highest BCUT2D eigenvalue weighted by Crippen LogP contribution is 2.27. The number of aliphatic hydroxyl groups is 3. The fraction of sp³-hybridized carbons (Fsp3) is 0.826. The molecule has 0 radical (unpaired) electrons. The van der Waals surface area contributed by atoms with Crippen LogP contribution in [0.1, 0.15) is 26.7 Å². The van der Waals surface area contributed by atoms with Crippen molar-refractivity contribution >= 4 is 48.1 Å². The van der Waals surface area contributed by atoms with E-state index in [1.807, 2.05) is 6.92 Å². The van der Waals surface area contributed by atoms with Gasteiger partial charge in [-0.1, -0.05) is 13.8 Å². The third-order valence-corrected chi connectivity index (χ3v) is 10.5. The van der Waals surface area contributed by atoms with Crippen LogP contribution < -0.4 is 5.32 Å². The molecule has 78 heavy (non-hydrogen) atoms. The number of nitrogens with one attached hydrogen (secondary N) is 1.